The van der Waals surface area contributed by atoms with Crippen molar-refractivity contribution in [2.24, 2.45) is 0 Å². The number of aromatic amines is 1. The Morgan fingerprint density at radius 1 is 1.24 bits per heavy atom. The number of aromatic nitrogens is 2. The fourth-order valence-electron chi connectivity index (χ4n) is 4.07. The number of hydrogen-bond acceptors (Lipinski definition) is 5. The molecule has 2 aliphatic rings. The minimum atomic E-state index is -0.887. The van der Waals surface area contributed by atoms with Crippen LogP contribution in [0.5, 0.6) is 0 Å². The van der Waals surface area contributed by atoms with E-state index in [1.165, 1.54) is 0 Å². The van der Waals surface area contributed by atoms with Gasteiger partial charge in [-0.05, 0) is 44.7 Å². The summed E-state index contributed by atoms with van der Waals surface area (Å²) in [5, 5.41) is 5.52. The third kappa shape index (κ3) is 3.74. The predicted molar refractivity (Wildman–Crippen MR) is 111 cm³/mol. The Morgan fingerprint density at radius 3 is 2.79 bits per heavy atom. The Bertz CT molecular complexity index is 1020. The fraction of sp³-hybridized carbons (Fsp3) is 0.429. The Kier molecular flexibility index (Phi) is 5.08. The highest BCUT2D eigenvalue weighted by atomic mass is 16.2. The van der Waals surface area contributed by atoms with E-state index in [-0.39, 0.29) is 41.2 Å². The minimum absolute atomic E-state index is 0.0884. The van der Waals surface area contributed by atoms with Crippen LogP contribution in [0.15, 0.2) is 29.1 Å². The third-order valence-electron chi connectivity index (χ3n) is 5.73. The third-order valence-corrected chi connectivity index (χ3v) is 5.73. The molecular formula is C21H25N5O3. The van der Waals surface area contributed by atoms with Gasteiger partial charge in [-0.1, -0.05) is 18.2 Å². The molecule has 0 aliphatic carbocycles. The van der Waals surface area contributed by atoms with Gasteiger partial charge in [-0.2, -0.15) is 4.98 Å². The number of para-hydroxylation sites is 1. The number of nitrogens with one attached hydrogen (secondary N) is 3. The zero-order valence-corrected chi connectivity index (χ0v) is 16.6. The van der Waals surface area contributed by atoms with Gasteiger partial charge in [0, 0.05) is 24.7 Å². The van der Waals surface area contributed by atoms with Gasteiger partial charge in [-0.3, -0.25) is 19.4 Å². The van der Waals surface area contributed by atoms with E-state index in [2.05, 4.69) is 27.5 Å². The molecule has 2 aliphatic heterocycles. The highest BCUT2D eigenvalue weighted by molar-refractivity contribution is 6.04. The maximum Gasteiger partial charge on any atom is 0.258 e. The van der Waals surface area contributed by atoms with Crippen molar-refractivity contribution in [3.05, 3.63) is 45.7 Å². The van der Waals surface area contributed by atoms with Crippen LogP contribution >= 0.6 is 0 Å². The zero-order chi connectivity index (χ0) is 20.5. The summed E-state index contributed by atoms with van der Waals surface area (Å²) in [5.74, 6) is -0.966. The molecule has 2 atom stereocenters. The van der Waals surface area contributed by atoms with Crippen molar-refractivity contribution in [2.75, 3.05) is 22.1 Å². The van der Waals surface area contributed by atoms with Crippen molar-refractivity contribution in [2.45, 2.75) is 51.5 Å². The number of hydrogen-bond donors (Lipinski definition) is 3. The summed E-state index contributed by atoms with van der Waals surface area (Å²) in [6.45, 7) is 4.78. The predicted octanol–water partition coefficient (Wildman–Crippen LogP) is 2.52. The van der Waals surface area contributed by atoms with Gasteiger partial charge in [0.1, 0.15) is 5.82 Å². The Labute approximate surface area is 168 Å². The van der Waals surface area contributed by atoms with E-state index < -0.39 is 5.92 Å². The van der Waals surface area contributed by atoms with Crippen LogP contribution in [-0.4, -0.2) is 34.4 Å². The maximum absolute atomic E-state index is 12.9. The van der Waals surface area contributed by atoms with Gasteiger partial charge in [0.15, 0.2) is 0 Å². The molecule has 3 N–H and O–H groups in total. The zero-order valence-electron chi connectivity index (χ0n) is 16.6. The lowest BCUT2D eigenvalue weighted by molar-refractivity contribution is -0.123. The van der Waals surface area contributed by atoms with Gasteiger partial charge >= 0.3 is 0 Å². The molecule has 2 amide bonds. The molecule has 4 rings (SSSR count). The second-order valence-electron chi connectivity index (χ2n) is 7.80. The van der Waals surface area contributed by atoms with E-state index in [4.69, 9.17) is 0 Å². The maximum atomic E-state index is 12.9. The van der Waals surface area contributed by atoms with Crippen molar-refractivity contribution in [1.82, 2.24) is 9.97 Å². The molecule has 152 valence electrons. The van der Waals surface area contributed by atoms with Crippen LogP contribution in [-0.2, 0) is 9.59 Å². The number of rotatable bonds is 3. The summed E-state index contributed by atoms with van der Waals surface area (Å²) in [5.41, 5.74) is 1.40. The monoisotopic (exact) mass is 395 g/mol. The normalized spacial score (nSPS) is 21.3. The number of carbonyl (C=O) groups is 2. The quantitative estimate of drug-likeness (QED) is 0.740. The average molecular weight is 395 g/mol. The van der Waals surface area contributed by atoms with E-state index in [1.807, 2.05) is 30.0 Å². The first-order chi connectivity index (χ1) is 13.9. The average Bonchev–Trinajstić information content (AvgIpc) is 2.69. The molecule has 1 saturated heterocycles. The van der Waals surface area contributed by atoms with Crippen LogP contribution in [0.3, 0.4) is 0 Å². The molecule has 2 unspecified atom stereocenters. The topological polar surface area (TPSA) is 107 Å². The van der Waals surface area contributed by atoms with Crippen molar-refractivity contribution < 1.29 is 9.59 Å². The smallest absolute Gasteiger partial charge is 0.258 e. The second-order valence-corrected chi connectivity index (χ2v) is 7.80. The van der Waals surface area contributed by atoms with E-state index >= 15 is 0 Å². The van der Waals surface area contributed by atoms with Crippen molar-refractivity contribution >= 4 is 29.3 Å². The Morgan fingerprint density at radius 2 is 2.03 bits per heavy atom. The van der Waals surface area contributed by atoms with Gasteiger partial charge in [-0.15, -0.1) is 0 Å². The van der Waals surface area contributed by atoms with Crippen LogP contribution < -0.4 is 21.1 Å². The van der Waals surface area contributed by atoms with Gasteiger partial charge in [-0.25, -0.2) is 0 Å². The van der Waals surface area contributed by atoms with Gasteiger partial charge in [0.2, 0.25) is 17.8 Å². The summed E-state index contributed by atoms with van der Waals surface area (Å²) < 4.78 is 0. The van der Waals surface area contributed by atoms with Gasteiger partial charge < -0.3 is 15.5 Å². The van der Waals surface area contributed by atoms with Crippen LogP contribution in [0.25, 0.3) is 0 Å². The van der Waals surface area contributed by atoms with Crippen molar-refractivity contribution in [1.29, 1.82) is 0 Å². The molecule has 8 heteroatoms. The molecule has 0 radical (unpaired) electrons. The van der Waals surface area contributed by atoms with Crippen molar-refractivity contribution in [3.63, 3.8) is 0 Å². The van der Waals surface area contributed by atoms with Gasteiger partial charge in [0.25, 0.3) is 5.56 Å². The highest BCUT2D eigenvalue weighted by Crippen LogP contribution is 2.31. The first-order valence-corrected chi connectivity index (χ1v) is 10.0. The fourth-order valence-corrected chi connectivity index (χ4v) is 4.07. The van der Waals surface area contributed by atoms with E-state index in [1.54, 1.807) is 6.07 Å². The summed E-state index contributed by atoms with van der Waals surface area (Å²) in [4.78, 5) is 47.5. The Hall–Kier alpha value is -3.16. The lowest BCUT2D eigenvalue weighted by Gasteiger charge is -2.34. The number of H-pyrrole nitrogens is 1. The first kappa shape index (κ1) is 19.2. The number of fused-ring (bicyclic) bond motifs is 1. The molecule has 3 heterocycles. The minimum Gasteiger partial charge on any atom is -0.340 e. The number of anilines is 3. The second kappa shape index (κ2) is 7.69. The van der Waals surface area contributed by atoms with Crippen molar-refractivity contribution in [3.8, 4) is 0 Å². The summed E-state index contributed by atoms with van der Waals surface area (Å²) in [6, 6.07) is 7.64. The summed E-state index contributed by atoms with van der Waals surface area (Å²) in [6.07, 6.45) is 3.10. The highest BCUT2D eigenvalue weighted by Gasteiger charge is 2.35. The molecule has 1 aromatic heterocycles. The molecule has 29 heavy (non-hydrogen) atoms. The number of aryl methyl sites for hydroxylation is 1. The van der Waals surface area contributed by atoms with Crippen LogP contribution in [0, 0.1) is 6.92 Å². The molecule has 0 saturated carbocycles. The SMILES string of the molecule is Cc1ccccc1NC(=O)C1CC(=O)Nc2nc(N3CCCCC3C)[nH]c(=O)c21. The standard InChI is InChI=1S/C21H25N5O3/c1-12-7-3-4-9-15(12)22-19(28)14-11-16(27)23-18-17(14)20(29)25-21(24-18)26-10-6-5-8-13(26)2/h3-4,7,9,13-14H,5-6,8,10-11H2,1-2H3,(H,22,28)(H2,23,24,25,27,29). The molecule has 0 spiro atoms. The number of benzene rings is 1. The summed E-state index contributed by atoms with van der Waals surface area (Å²) >= 11 is 0. The van der Waals surface area contributed by atoms with E-state index in [9.17, 15) is 14.4 Å². The first-order valence-electron chi connectivity index (χ1n) is 10.0. The van der Waals surface area contributed by atoms with E-state index in [0.29, 0.717) is 11.6 Å². The van der Waals surface area contributed by atoms with Crippen LogP contribution in [0.2, 0.25) is 0 Å². The molecule has 8 nitrogen and oxygen atoms in total. The molecule has 0 bridgehead atoms. The molecular weight excluding hydrogens is 370 g/mol. The lowest BCUT2D eigenvalue weighted by Crippen LogP contribution is -2.42. The van der Waals surface area contributed by atoms with E-state index in [0.717, 1.165) is 31.4 Å². The lowest BCUT2D eigenvalue weighted by atomic mass is 9.92. The number of amides is 2. The van der Waals surface area contributed by atoms with Crippen LogP contribution in [0.1, 0.15) is 49.7 Å². The summed E-state index contributed by atoms with van der Waals surface area (Å²) in [7, 11) is 0. The Balaban J connectivity index is 1.67. The number of piperidine rings is 1. The number of nitrogens with zero attached hydrogens (tertiary/aromatic N) is 2. The largest absolute Gasteiger partial charge is 0.340 e. The van der Waals surface area contributed by atoms with Gasteiger partial charge in [0.05, 0.1) is 11.5 Å². The molecule has 1 fully saturated rings. The number of carbonyl (C=O) groups excluding carboxylic acids is 2. The van der Waals surface area contributed by atoms with Crippen LogP contribution in [0.4, 0.5) is 17.5 Å². The molecule has 1 aromatic carbocycles. The molecule has 2 aromatic rings.